The summed E-state index contributed by atoms with van der Waals surface area (Å²) < 4.78 is 93.5. The third kappa shape index (κ3) is 5.13. The Kier molecular flexibility index (Phi) is 9.29. The fraction of sp³-hybridized carbons (Fsp3) is 1.00. The van der Waals surface area contributed by atoms with Crippen LogP contribution < -0.4 is 0 Å². The number of rotatable bonds is 5. The van der Waals surface area contributed by atoms with Crippen LogP contribution in [0.5, 0.6) is 0 Å². The van der Waals surface area contributed by atoms with Crippen LogP contribution >= 0.6 is 7.60 Å². The van der Waals surface area contributed by atoms with Crippen LogP contribution in [0, 0.1) is 0 Å². The Labute approximate surface area is 101 Å². The molecule has 0 aliphatic rings. The minimum Gasteiger partial charge on any atom is -0.308 e. The van der Waals surface area contributed by atoms with Crippen molar-refractivity contribution in [3.63, 3.8) is 0 Å². The van der Waals surface area contributed by atoms with E-state index in [0.717, 1.165) is 0 Å². The molecule has 18 heavy (non-hydrogen) atoms. The molecule has 0 radical (unpaired) electrons. The molecule has 1 unspecified atom stereocenters. The van der Waals surface area contributed by atoms with Gasteiger partial charge in [-0.2, -0.15) is 8.78 Å². The molecule has 4 nitrogen and oxygen atoms in total. The van der Waals surface area contributed by atoms with Gasteiger partial charge in [-0.15, -0.1) is 13.2 Å². The van der Waals surface area contributed by atoms with Gasteiger partial charge in [0, 0.05) is 14.2 Å². The van der Waals surface area contributed by atoms with Gasteiger partial charge in [0.25, 0.3) is 6.36 Å². The van der Waals surface area contributed by atoms with Gasteiger partial charge in [0.2, 0.25) is 0 Å². The lowest BCUT2D eigenvalue weighted by Gasteiger charge is -2.26. The molecule has 0 heterocycles. The summed E-state index contributed by atoms with van der Waals surface area (Å²) in [5.74, 6) is 0. The predicted molar refractivity (Wildman–Crippen MR) is 52.1 cm³/mol. The molecule has 11 heteroatoms. The van der Waals surface area contributed by atoms with Crippen molar-refractivity contribution in [2.24, 2.45) is 0 Å². The maximum Gasteiger partial charge on any atom is 0.525 e. The molecule has 0 aliphatic heterocycles. The summed E-state index contributed by atoms with van der Waals surface area (Å²) in [5, 5.41) is 0. The third-order valence-electron chi connectivity index (χ3n) is 1.36. The Morgan fingerprint density at radius 3 is 1.56 bits per heavy atom. The van der Waals surface area contributed by atoms with Gasteiger partial charge in [-0.1, -0.05) is 14.9 Å². The van der Waals surface area contributed by atoms with Crippen molar-refractivity contribution in [2.75, 3.05) is 14.2 Å². The van der Waals surface area contributed by atoms with Crippen molar-refractivity contribution in [1.82, 2.24) is 0 Å². The topological polar surface area (TPSA) is 44.8 Å². The van der Waals surface area contributed by atoms with E-state index < -0.39 is 26.0 Å². The molecule has 0 spiro atoms. The van der Waals surface area contributed by atoms with Crippen molar-refractivity contribution >= 4 is 7.60 Å². The Balaban J connectivity index is -0.00000112. The zero-order valence-electron chi connectivity index (χ0n) is 7.93. The molecule has 0 N–H and O–H groups in total. The van der Waals surface area contributed by atoms with Gasteiger partial charge < -0.3 is 9.05 Å². The van der Waals surface area contributed by atoms with Crippen LogP contribution in [0.3, 0.4) is 0 Å². The van der Waals surface area contributed by atoms with Gasteiger partial charge in [-0.3, -0.25) is 4.57 Å². The van der Waals surface area contributed by atoms with Gasteiger partial charge >= 0.3 is 19.6 Å². The number of alkyl halides is 6. The fourth-order valence-corrected chi connectivity index (χ4v) is 1.57. The zero-order chi connectivity index (χ0) is 13.2. The maximum absolute atomic E-state index is 12.9. The number of hydrogen-bond acceptors (Lipinski definition) is 4. The third-order valence-corrected chi connectivity index (χ3v) is 3.25. The van der Waals surface area contributed by atoms with Gasteiger partial charge in [-0.05, 0) is 0 Å². The standard InChI is InChI=1S/C5H7F6O4P.2CH4/c1-13-16(12,14-2)4(7,8)3(6)15-5(9,10)11;;/h3H,1-2H3;2*1H4. The molecule has 0 saturated heterocycles. The van der Waals surface area contributed by atoms with E-state index in [0.29, 0.717) is 14.2 Å². The number of halogens is 6. The van der Waals surface area contributed by atoms with Crippen LogP contribution in [0.4, 0.5) is 26.3 Å². The number of hydrogen-bond donors (Lipinski definition) is 0. The lowest BCUT2D eigenvalue weighted by molar-refractivity contribution is -0.379. The van der Waals surface area contributed by atoms with Crippen molar-refractivity contribution in [2.45, 2.75) is 33.2 Å². The van der Waals surface area contributed by atoms with Crippen LogP contribution in [-0.2, 0) is 18.3 Å². The molecule has 0 aliphatic carbocycles. The molecule has 0 bridgehead atoms. The average molecular weight is 308 g/mol. The summed E-state index contributed by atoms with van der Waals surface area (Å²) in [6.45, 7) is 0. The van der Waals surface area contributed by atoms with E-state index >= 15 is 0 Å². The second kappa shape index (κ2) is 7.32. The molecule has 1 atom stereocenters. The zero-order valence-corrected chi connectivity index (χ0v) is 8.82. The maximum atomic E-state index is 12.9. The van der Waals surface area contributed by atoms with Crippen LogP contribution in [-0.4, -0.2) is 32.6 Å². The van der Waals surface area contributed by atoms with Crippen molar-refractivity contribution in [3.05, 3.63) is 0 Å². The minimum atomic E-state index is -5.64. The molecular formula is C7H15F6O4P. The first kappa shape index (κ1) is 22.8. The highest BCUT2D eigenvalue weighted by atomic mass is 31.2. The summed E-state index contributed by atoms with van der Waals surface area (Å²) in [6, 6.07) is 0. The monoisotopic (exact) mass is 308 g/mol. The van der Waals surface area contributed by atoms with Crippen molar-refractivity contribution in [3.8, 4) is 0 Å². The van der Waals surface area contributed by atoms with E-state index in [4.69, 9.17) is 0 Å². The average Bonchev–Trinajstić information content (AvgIpc) is 2.13. The molecule has 0 aromatic carbocycles. The first-order chi connectivity index (χ1) is 7.00. The lowest BCUT2D eigenvalue weighted by Crippen LogP contribution is -2.37. The molecule has 0 aromatic rings. The molecule has 0 aromatic heterocycles. The summed E-state index contributed by atoms with van der Waals surface area (Å²) in [5.41, 5.74) is -5.08. The van der Waals surface area contributed by atoms with Crippen molar-refractivity contribution in [1.29, 1.82) is 0 Å². The van der Waals surface area contributed by atoms with Crippen molar-refractivity contribution < 1.29 is 44.7 Å². The largest absolute Gasteiger partial charge is 0.525 e. The summed E-state index contributed by atoms with van der Waals surface area (Å²) >= 11 is 0. The fourth-order valence-electron chi connectivity index (χ4n) is 0.630. The van der Waals surface area contributed by atoms with Gasteiger partial charge in [0.15, 0.2) is 0 Å². The number of ether oxygens (including phenoxy) is 1. The SMILES string of the molecule is C.C.COP(=O)(OC)C(F)(F)C(F)OC(F)(F)F. The molecule has 0 saturated carbocycles. The van der Waals surface area contributed by atoms with Gasteiger partial charge in [-0.25, -0.2) is 9.13 Å². The second-order valence-corrected chi connectivity index (χ2v) is 4.65. The highest BCUT2D eigenvalue weighted by Gasteiger charge is 2.62. The lowest BCUT2D eigenvalue weighted by atomic mass is 10.7. The quantitative estimate of drug-likeness (QED) is 0.565. The predicted octanol–water partition coefficient (Wildman–Crippen LogP) is 4.17. The minimum absolute atomic E-state index is 0. The van der Waals surface area contributed by atoms with Crippen LogP contribution in [0.2, 0.25) is 0 Å². The van der Waals surface area contributed by atoms with Crippen LogP contribution in [0.25, 0.3) is 0 Å². The van der Waals surface area contributed by atoms with Gasteiger partial charge in [0.05, 0.1) is 0 Å². The molecule has 0 fully saturated rings. The van der Waals surface area contributed by atoms with Crippen LogP contribution in [0.15, 0.2) is 0 Å². The Bertz CT molecular complexity index is 274. The molecule has 114 valence electrons. The highest BCUT2D eigenvalue weighted by Crippen LogP contribution is 2.63. The van der Waals surface area contributed by atoms with E-state index in [1.54, 1.807) is 0 Å². The van der Waals surface area contributed by atoms with E-state index in [2.05, 4.69) is 13.8 Å². The summed E-state index contributed by atoms with van der Waals surface area (Å²) in [7, 11) is -4.42. The Morgan fingerprint density at radius 1 is 1.00 bits per heavy atom. The van der Waals surface area contributed by atoms with E-state index in [1.165, 1.54) is 0 Å². The summed E-state index contributed by atoms with van der Waals surface area (Å²) in [4.78, 5) is 0. The molecule has 0 rings (SSSR count). The normalized spacial score (nSPS) is 14.4. The van der Waals surface area contributed by atoms with Crippen LogP contribution in [0.1, 0.15) is 14.9 Å². The first-order valence-corrected chi connectivity index (χ1v) is 5.02. The second-order valence-electron chi connectivity index (χ2n) is 2.33. The molecular weight excluding hydrogens is 293 g/mol. The van der Waals surface area contributed by atoms with E-state index in [-0.39, 0.29) is 14.9 Å². The Hall–Kier alpha value is -0.310. The first-order valence-electron chi connectivity index (χ1n) is 3.48. The summed E-state index contributed by atoms with van der Waals surface area (Å²) in [6.07, 6.45) is -9.84. The Morgan fingerprint density at radius 2 is 1.33 bits per heavy atom. The van der Waals surface area contributed by atoms with Gasteiger partial charge in [0.1, 0.15) is 0 Å². The smallest absolute Gasteiger partial charge is 0.308 e. The molecule has 0 amide bonds. The highest BCUT2D eigenvalue weighted by molar-refractivity contribution is 7.55. The van der Waals surface area contributed by atoms with E-state index in [9.17, 15) is 30.9 Å². The van der Waals surface area contributed by atoms with E-state index in [1.807, 2.05) is 0 Å².